The molecule has 0 aromatic carbocycles. The molecule has 3 heterocycles. The molecule has 0 unspecified atom stereocenters. The number of carboxylic acid groups (broad SMARTS) is 1. The molecule has 0 saturated carbocycles. The third-order valence-electron chi connectivity index (χ3n) is 2.88. The molecular formula is C13H11N3O3. The number of rotatable bonds is 3. The van der Waals surface area contributed by atoms with Gasteiger partial charge in [0, 0.05) is 12.6 Å². The van der Waals surface area contributed by atoms with Crippen molar-refractivity contribution in [1.29, 1.82) is 0 Å². The van der Waals surface area contributed by atoms with Crippen LogP contribution in [0, 0.1) is 0 Å². The molecule has 19 heavy (non-hydrogen) atoms. The zero-order chi connectivity index (χ0) is 13.4. The Morgan fingerprint density at radius 1 is 1.32 bits per heavy atom. The Hall–Kier alpha value is -2.63. The van der Waals surface area contributed by atoms with E-state index in [1.54, 1.807) is 10.5 Å². The minimum atomic E-state index is -0.991. The van der Waals surface area contributed by atoms with E-state index in [-0.39, 0.29) is 5.56 Å². The number of hydrogen-bond acceptors (Lipinski definition) is 4. The lowest BCUT2D eigenvalue weighted by Gasteiger charge is -1.99. The molecule has 0 amide bonds. The molecular weight excluding hydrogens is 246 g/mol. The van der Waals surface area contributed by atoms with Gasteiger partial charge in [0.25, 0.3) is 0 Å². The van der Waals surface area contributed by atoms with Gasteiger partial charge in [-0.3, -0.25) is 4.40 Å². The molecule has 1 N–H and O–H groups in total. The standard InChI is InChI=1S/C13H11N3O3/c1-2-9-4-5-10(19-9)12-15-14-11-6-3-8(13(17)18)7-16(11)12/h3-7H,2H2,1H3,(H,17,18). The smallest absolute Gasteiger partial charge is 0.337 e. The van der Waals surface area contributed by atoms with Crippen molar-refractivity contribution in [3.8, 4) is 11.6 Å². The highest BCUT2D eigenvalue weighted by atomic mass is 16.4. The highest BCUT2D eigenvalue weighted by Gasteiger charge is 2.13. The van der Waals surface area contributed by atoms with Gasteiger partial charge in [0.05, 0.1) is 5.56 Å². The maximum absolute atomic E-state index is 11.0. The Bertz CT molecular complexity index is 757. The van der Waals surface area contributed by atoms with Crippen molar-refractivity contribution in [2.24, 2.45) is 0 Å². The predicted molar refractivity (Wildman–Crippen MR) is 67.0 cm³/mol. The molecule has 0 aliphatic rings. The summed E-state index contributed by atoms with van der Waals surface area (Å²) in [5, 5.41) is 17.0. The van der Waals surface area contributed by atoms with Crippen molar-refractivity contribution in [2.75, 3.05) is 0 Å². The molecule has 0 aliphatic carbocycles. The first-order valence-corrected chi connectivity index (χ1v) is 5.86. The topological polar surface area (TPSA) is 80.6 Å². The molecule has 0 bridgehead atoms. The van der Waals surface area contributed by atoms with Gasteiger partial charge in [-0.1, -0.05) is 6.92 Å². The van der Waals surface area contributed by atoms with Crippen LogP contribution in [0.3, 0.4) is 0 Å². The van der Waals surface area contributed by atoms with Crippen LogP contribution >= 0.6 is 0 Å². The van der Waals surface area contributed by atoms with Crippen LogP contribution in [0.5, 0.6) is 0 Å². The van der Waals surface area contributed by atoms with Gasteiger partial charge in [0.1, 0.15) is 5.76 Å². The fraction of sp³-hybridized carbons (Fsp3) is 0.154. The highest BCUT2D eigenvalue weighted by molar-refractivity contribution is 5.87. The number of hydrogen-bond donors (Lipinski definition) is 1. The van der Waals surface area contributed by atoms with Crippen molar-refractivity contribution >= 4 is 11.6 Å². The average Bonchev–Trinajstić information content (AvgIpc) is 3.03. The number of furan rings is 1. The second kappa shape index (κ2) is 4.24. The van der Waals surface area contributed by atoms with Gasteiger partial charge in [0.2, 0.25) is 5.82 Å². The van der Waals surface area contributed by atoms with Crippen LogP contribution in [-0.4, -0.2) is 25.7 Å². The molecule has 0 radical (unpaired) electrons. The van der Waals surface area contributed by atoms with Gasteiger partial charge in [0.15, 0.2) is 11.4 Å². The second-order valence-corrected chi connectivity index (χ2v) is 4.09. The van der Waals surface area contributed by atoms with Crippen molar-refractivity contribution in [3.63, 3.8) is 0 Å². The number of nitrogens with zero attached hydrogens (tertiary/aromatic N) is 3. The third-order valence-corrected chi connectivity index (χ3v) is 2.88. The van der Waals surface area contributed by atoms with E-state index < -0.39 is 5.97 Å². The number of fused-ring (bicyclic) bond motifs is 1. The average molecular weight is 257 g/mol. The summed E-state index contributed by atoms with van der Waals surface area (Å²) >= 11 is 0. The molecule has 3 rings (SSSR count). The Balaban J connectivity index is 2.17. The van der Waals surface area contributed by atoms with Gasteiger partial charge in [-0.2, -0.15) is 0 Å². The molecule has 0 atom stereocenters. The summed E-state index contributed by atoms with van der Waals surface area (Å²) in [5.41, 5.74) is 0.755. The number of aromatic nitrogens is 3. The summed E-state index contributed by atoms with van der Waals surface area (Å²) < 4.78 is 7.23. The van der Waals surface area contributed by atoms with E-state index in [4.69, 9.17) is 9.52 Å². The van der Waals surface area contributed by atoms with Crippen molar-refractivity contribution in [3.05, 3.63) is 41.8 Å². The summed E-state index contributed by atoms with van der Waals surface area (Å²) in [6.07, 6.45) is 2.28. The Morgan fingerprint density at radius 3 is 2.84 bits per heavy atom. The predicted octanol–water partition coefficient (Wildman–Crippen LogP) is 2.25. The van der Waals surface area contributed by atoms with Crippen LogP contribution in [0.2, 0.25) is 0 Å². The number of carboxylic acids is 1. The molecule has 0 saturated heterocycles. The van der Waals surface area contributed by atoms with E-state index in [0.717, 1.165) is 12.2 Å². The molecule has 0 fully saturated rings. The molecule has 96 valence electrons. The lowest BCUT2D eigenvalue weighted by molar-refractivity contribution is 0.0696. The first kappa shape index (κ1) is 11.5. The Morgan fingerprint density at radius 2 is 2.16 bits per heavy atom. The molecule has 6 nitrogen and oxygen atoms in total. The number of carbonyl (C=O) groups is 1. The lowest BCUT2D eigenvalue weighted by atomic mass is 10.3. The van der Waals surface area contributed by atoms with Crippen LogP contribution in [-0.2, 0) is 6.42 Å². The SMILES string of the molecule is CCc1ccc(-c2nnc3ccc(C(=O)O)cn23)o1. The minimum absolute atomic E-state index is 0.177. The lowest BCUT2D eigenvalue weighted by Crippen LogP contribution is -1.99. The Kier molecular flexibility index (Phi) is 2.56. The summed E-state index contributed by atoms with van der Waals surface area (Å²) in [6.45, 7) is 1.99. The first-order chi connectivity index (χ1) is 9.19. The van der Waals surface area contributed by atoms with E-state index in [1.807, 2.05) is 19.1 Å². The van der Waals surface area contributed by atoms with E-state index in [0.29, 0.717) is 17.2 Å². The van der Waals surface area contributed by atoms with Crippen LogP contribution in [0.1, 0.15) is 23.0 Å². The van der Waals surface area contributed by atoms with Gasteiger partial charge in [-0.15, -0.1) is 10.2 Å². The second-order valence-electron chi connectivity index (χ2n) is 4.09. The molecule has 6 heteroatoms. The van der Waals surface area contributed by atoms with Gasteiger partial charge >= 0.3 is 5.97 Å². The summed E-state index contributed by atoms with van der Waals surface area (Å²) in [7, 11) is 0. The molecule has 0 aliphatic heterocycles. The minimum Gasteiger partial charge on any atom is -0.478 e. The zero-order valence-electron chi connectivity index (χ0n) is 10.2. The van der Waals surface area contributed by atoms with Crippen molar-refractivity contribution < 1.29 is 14.3 Å². The third kappa shape index (κ3) is 1.87. The van der Waals surface area contributed by atoms with E-state index >= 15 is 0 Å². The summed E-state index contributed by atoms with van der Waals surface area (Å²) in [6, 6.07) is 6.79. The van der Waals surface area contributed by atoms with E-state index in [2.05, 4.69) is 10.2 Å². The van der Waals surface area contributed by atoms with Crippen molar-refractivity contribution in [2.45, 2.75) is 13.3 Å². The normalized spacial score (nSPS) is 11.0. The van der Waals surface area contributed by atoms with E-state index in [9.17, 15) is 4.79 Å². The highest BCUT2D eigenvalue weighted by Crippen LogP contribution is 2.21. The first-order valence-electron chi connectivity index (χ1n) is 5.86. The van der Waals surface area contributed by atoms with Crippen LogP contribution in [0.15, 0.2) is 34.9 Å². The summed E-state index contributed by atoms with van der Waals surface area (Å²) in [4.78, 5) is 11.0. The van der Waals surface area contributed by atoms with Gasteiger partial charge < -0.3 is 9.52 Å². The molecule has 3 aromatic heterocycles. The maximum Gasteiger partial charge on any atom is 0.337 e. The number of aryl methyl sites for hydroxylation is 1. The number of aromatic carboxylic acids is 1. The number of pyridine rings is 1. The van der Waals surface area contributed by atoms with Crippen LogP contribution in [0.25, 0.3) is 17.2 Å². The largest absolute Gasteiger partial charge is 0.478 e. The molecule has 3 aromatic rings. The fourth-order valence-corrected chi connectivity index (χ4v) is 1.87. The van der Waals surface area contributed by atoms with Crippen LogP contribution in [0.4, 0.5) is 0 Å². The monoisotopic (exact) mass is 257 g/mol. The zero-order valence-corrected chi connectivity index (χ0v) is 10.2. The van der Waals surface area contributed by atoms with Crippen molar-refractivity contribution in [1.82, 2.24) is 14.6 Å². The quantitative estimate of drug-likeness (QED) is 0.778. The fourth-order valence-electron chi connectivity index (χ4n) is 1.87. The Labute approximate surface area is 108 Å². The van der Waals surface area contributed by atoms with E-state index in [1.165, 1.54) is 12.3 Å². The van der Waals surface area contributed by atoms with Gasteiger partial charge in [-0.25, -0.2) is 4.79 Å². The molecule has 0 spiro atoms. The van der Waals surface area contributed by atoms with Crippen LogP contribution < -0.4 is 0 Å². The maximum atomic E-state index is 11.0. The van der Waals surface area contributed by atoms with Gasteiger partial charge in [-0.05, 0) is 24.3 Å². The summed E-state index contributed by atoms with van der Waals surface area (Å²) in [5.74, 6) is 0.932.